The molecule has 30 heavy (non-hydrogen) atoms. The zero-order chi connectivity index (χ0) is 21.1. The minimum atomic E-state index is -0.233. The molecule has 7 nitrogen and oxygen atoms in total. The number of fused-ring (bicyclic) bond motifs is 1. The molecule has 0 unspecified atom stereocenters. The molecule has 0 spiro atoms. The van der Waals surface area contributed by atoms with Gasteiger partial charge in [-0.2, -0.15) is 0 Å². The summed E-state index contributed by atoms with van der Waals surface area (Å²) in [5.41, 5.74) is 1.63. The molecule has 0 aliphatic carbocycles. The van der Waals surface area contributed by atoms with Gasteiger partial charge in [-0.15, -0.1) is 10.2 Å². The molecule has 4 rings (SSSR count). The number of nitrogens with one attached hydrogen (secondary N) is 1. The van der Waals surface area contributed by atoms with E-state index in [-0.39, 0.29) is 17.9 Å². The van der Waals surface area contributed by atoms with Crippen molar-refractivity contribution in [3.05, 3.63) is 70.7 Å². The number of carbonyl (C=O) groups excluding carboxylic acids is 1. The molecule has 158 valence electrons. The lowest BCUT2D eigenvalue weighted by molar-refractivity contribution is 0.0921. The molecule has 0 radical (unpaired) electrons. The lowest BCUT2D eigenvalue weighted by Crippen LogP contribution is -2.34. The first-order valence-electron chi connectivity index (χ1n) is 10.2. The average Bonchev–Trinajstić information content (AvgIpc) is 3.36. The number of rotatable bonds is 6. The van der Waals surface area contributed by atoms with E-state index in [1.165, 1.54) is 12.5 Å². The predicted octanol–water partition coefficient (Wildman–Crippen LogP) is 3.71. The van der Waals surface area contributed by atoms with Crippen molar-refractivity contribution in [1.82, 2.24) is 25.0 Å². The number of hydrogen-bond acceptors (Lipinski definition) is 5. The monoisotopic (exact) mass is 427 g/mol. The highest BCUT2D eigenvalue weighted by atomic mass is 35.5. The normalized spacial score (nSPS) is 15.6. The summed E-state index contributed by atoms with van der Waals surface area (Å²) in [6, 6.07) is 9.39. The summed E-state index contributed by atoms with van der Waals surface area (Å²) in [4.78, 5) is 15.0. The molecule has 1 N–H and O–H groups in total. The van der Waals surface area contributed by atoms with Gasteiger partial charge in [0.15, 0.2) is 5.82 Å². The van der Waals surface area contributed by atoms with Crippen molar-refractivity contribution in [3.63, 3.8) is 0 Å². The number of carbonyl (C=O) groups is 1. The maximum Gasteiger partial charge on any atom is 0.255 e. The molecule has 1 amide bonds. The SMILES string of the molecule is CC(C)[C@@H](NC(=O)c1ccoc1)c1nnc2n1CCN(Cc1ccccc1Cl)CC2. The van der Waals surface area contributed by atoms with Crippen LogP contribution >= 0.6 is 11.6 Å². The Hall–Kier alpha value is -2.64. The Labute approximate surface area is 181 Å². The standard InChI is InChI=1S/C22H26ClN5O2/c1-15(2)20(24-22(29)17-8-12-30-14-17)21-26-25-19-7-9-27(10-11-28(19)21)13-16-5-3-4-6-18(16)23/h3-6,8,12,14-15,20H,7,9-11,13H2,1-2H3,(H,24,29)/t20-/m1/s1. The summed E-state index contributed by atoms with van der Waals surface area (Å²) in [5.74, 6) is 1.75. The Bertz CT molecular complexity index is 999. The molecule has 1 aliphatic heterocycles. The quantitative estimate of drug-likeness (QED) is 0.649. The van der Waals surface area contributed by atoms with E-state index >= 15 is 0 Å². The Balaban J connectivity index is 1.49. The van der Waals surface area contributed by atoms with Gasteiger partial charge in [0.05, 0.1) is 17.9 Å². The molecule has 1 aliphatic rings. The largest absolute Gasteiger partial charge is 0.472 e. The number of benzene rings is 1. The van der Waals surface area contributed by atoms with Gasteiger partial charge in [-0.25, -0.2) is 0 Å². The van der Waals surface area contributed by atoms with E-state index in [4.69, 9.17) is 16.0 Å². The molecule has 3 aromatic rings. The smallest absolute Gasteiger partial charge is 0.255 e. The van der Waals surface area contributed by atoms with Crippen molar-refractivity contribution in [2.75, 3.05) is 13.1 Å². The summed E-state index contributed by atoms with van der Waals surface area (Å²) >= 11 is 6.34. The fourth-order valence-electron chi connectivity index (χ4n) is 3.79. The summed E-state index contributed by atoms with van der Waals surface area (Å²) in [6.45, 7) is 7.47. The number of halogens is 1. The van der Waals surface area contributed by atoms with Gasteiger partial charge in [0.25, 0.3) is 5.91 Å². The van der Waals surface area contributed by atoms with Crippen molar-refractivity contribution in [2.45, 2.75) is 39.4 Å². The van der Waals surface area contributed by atoms with Crippen LogP contribution < -0.4 is 5.32 Å². The lowest BCUT2D eigenvalue weighted by atomic mass is 10.0. The molecule has 3 heterocycles. The number of amides is 1. The van der Waals surface area contributed by atoms with Crippen LogP contribution in [-0.4, -0.2) is 38.7 Å². The van der Waals surface area contributed by atoms with Crippen LogP contribution in [0.4, 0.5) is 0 Å². The van der Waals surface area contributed by atoms with Crippen molar-refractivity contribution in [1.29, 1.82) is 0 Å². The van der Waals surface area contributed by atoms with Gasteiger partial charge < -0.3 is 14.3 Å². The molecule has 0 fully saturated rings. The van der Waals surface area contributed by atoms with Gasteiger partial charge in [0, 0.05) is 37.6 Å². The third kappa shape index (κ3) is 4.42. The minimum Gasteiger partial charge on any atom is -0.472 e. The first-order chi connectivity index (χ1) is 14.5. The second-order valence-electron chi connectivity index (χ2n) is 7.95. The molecular formula is C22H26ClN5O2. The number of nitrogens with zero attached hydrogens (tertiary/aromatic N) is 4. The predicted molar refractivity (Wildman–Crippen MR) is 114 cm³/mol. The van der Waals surface area contributed by atoms with Crippen LogP contribution in [0, 0.1) is 5.92 Å². The molecule has 2 aromatic heterocycles. The summed E-state index contributed by atoms with van der Waals surface area (Å²) in [7, 11) is 0. The summed E-state index contributed by atoms with van der Waals surface area (Å²) in [6.07, 6.45) is 3.75. The van der Waals surface area contributed by atoms with Crippen molar-refractivity contribution >= 4 is 17.5 Å². The highest BCUT2D eigenvalue weighted by molar-refractivity contribution is 6.31. The summed E-state index contributed by atoms with van der Waals surface area (Å²) in [5, 5.41) is 12.8. The van der Waals surface area contributed by atoms with Crippen LogP contribution in [-0.2, 0) is 19.5 Å². The van der Waals surface area contributed by atoms with Gasteiger partial charge in [-0.1, -0.05) is 43.6 Å². The zero-order valence-corrected chi connectivity index (χ0v) is 18.0. The van der Waals surface area contributed by atoms with Crippen LogP contribution in [0.25, 0.3) is 0 Å². The molecule has 0 saturated heterocycles. The van der Waals surface area contributed by atoms with Crippen molar-refractivity contribution in [3.8, 4) is 0 Å². The minimum absolute atomic E-state index is 0.164. The highest BCUT2D eigenvalue weighted by Crippen LogP contribution is 2.24. The van der Waals surface area contributed by atoms with Crippen LogP contribution in [0.1, 0.15) is 47.5 Å². The molecule has 0 bridgehead atoms. The number of hydrogen-bond donors (Lipinski definition) is 1. The topological polar surface area (TPSA) is 76.2 Å². The van der Waals surface area contributed by atoms with Gasteiger partial charge in [-0.05, 0) is 23.6 Å². The first-order valence-corrected chi connectivity index (χ1v) is 10.6. The van der Waals surface area contributed by atoms with E-state index in [9.17, 15) is 4.79 Å². The van der Waals surface area contributed by atoms with E-state index in [0.717, 1.165) is 54.8 Å². The van der Waals surface area contributed by atoms with E-state index in [1.807, 2.05) is 18.2 Å². The molecule has 8 heteroatoms. The van der Waals surface area contributed by atoms with E-state index in [2.05, 4.69) is 44.9 Å². The van der Waals surface area contributed by atoms with Crippen molar-refractivity contribution in [2.24, 2.45) is 5.92 Å². The van der Waals surface area contributed by atoms with Crippen LogP contribution in [0.5, 0.6) is 0 Å². The maximum absolute atomic E-state index is 12.6. The van der Waals surface area contributed by atoms with Crippen LogP contribution in [0.2, 0.25) is 5.02 Å². The van der Waals surface area contributed by atoms with Gasteiger partial charge >= 0.3 is 0 Å². The Morgan fingerprint density at radius 2 is 2.03 bits per heavy atom. The molecule has 0 saturated carbocycles. The van der Waals surface area contributed by atoms with Gasteiger partial charge in [-0.3, -0.25) is 9.69 Å². The van der Waals surface area contributed by atoms with Gasteiger partial charge in [0.2, 0.25) is 0 Å². The molecular weight excluding hydrogens is 402 g/mol. The third-order valence-electron chi connectivity index (χ3n) is 5.51. The lowest BCUT2D eigenvalue weighted by Gasteiger charge is -2.23. The third-order valence-corrected chi connectivity index (χ3v) is 5.88. The zero-order valence-electron chi connectivity index (χ0n) is 17.2. The van der Waals surface area contributed by atoms with Crippen molar-refractivity contribution < 1.29 is 9.21 Å². The number of aromatic nitrogens is 3. The van der Waals surface area contributed by atoms with E-state index < -0.39 is 0 Å². The first kappa shape index (κ1) is 20.6. The Kier molecular flexibility index (Phi) is 6.20. The fourth-order valence-corrected chi connectivity index (χ4v) is 3.99. The second-order valence-corrected chi connectivity index (χ2v) is 8.36. The Morgan fingerprint density at radius 3 is 2.77 bits per heavy atom. The molecule has 1 aromatic carbocycles. The molecule has 1 atom stereocenters. The fraction of sp³-hybridized carbons (Fsp3) is 0.409. The summed E-state index contributed by atoms with van der Waals surface area (Å²) < 4.78 is 7.20. The van der Waals surface area contributed by atoms with Gasteiger partial charge in [0.1, 0.15) is 12.1 Å². The maximum atomic E-state index is 12.6. The van der Waals surface area contributed by atoms with Crippen LogP contribution in [0.15, 0.2) is 47.3 Å². The Morgan fingerprint density at radius 1 is 1.20 bits per heavy atom. The average molecular weight is 428 g/mol. The van der Waals surface area contributed by atoms with E-state index in [1.54, 1.807) is 6.07 Å². The van der Waals surface area contributed by atoms with E-state index in [0.29, 0.717) is 5.56 Å². The van der Waals surface area contributed by atoms with Crippen LogP contribution in [0.3, 0.4) is 0 Å². The highest BCUT2D eigenvalue weighted by Gasteiger charge is 2.28. The second kappa shape index (κ2) is 9.02. The number of furan rings is 1.